The van der Waals surface area contributed by atoms with Gasteiger partial charge in [-0.05, 0) is 25.0 Å². The van der Waals surface area contributed by atoms with E-state index in [-0.39, 0.29) is 11.4 Å². The van der Waals surface area contributed by atoms with Gasteiger partial charge in [0.05, 0.1) is 5.56 Å². The number of benzene rings is 1. The van der Waals surface area contributed by atoms with E-state index in [9.17, 15) is 22.8 Å². The van der Waals surface area contributed by atoms with Gasteiger partial charge in [-0.25, -0.2) is 4.99 Å². The molecule has 2 aliphatic rings. The molecule has 0 bridgehead atoms. The lowest BCUT2D eigenvalue weighted by atomic mass is 9.93. The van der Waals surface area contributed by atoms with Crippen LogP contribution in [0.5, 0.6) is 0 Å². The first kappa shape index (κ1) is 21.0. The van der Waals surface area contributed by atoms with Gasteiger partial charge in [0.1, 0.15) is 5.84 Å². The molecule has 1 aliphatic carbocycles. The molecule has 31 heavy (non-hydrogen) atoms. The van der Waals surface area contributed by atoms with E-state index in [0.717, 1.165) is 30.4 Å². The molecule has 1 fully saturated rings. The molecule has 1 atom stereocenters. The Kier molecular flexibility index (Phi) is 5.51. The van der Waals surface area contributed by atoms with Gasteiger partial charge >= 0.3 is 11.8 Å². The molecule has 2 amide bonds. The number of amidine groups is 1. The Balaban J connectivity index is 1.81. The molecule has 9 heteroatoms. The highest BCUT2D eigenvalue weighted by Gasteiger charge is 2.67. The predicted molar refractivity (Wildman–Crippen MR) is 107 cm³/mol. The van der Waals surface area contributed by atoms with E-state index in [4.69, 9.17) is 0 Å². The van der Waals surface area contributed by atoms with Crippen molar-refractivity contribution in [3.8, 4) is 0 Å². The first-order valence-corrected chi connectivity index (χ1v) is 10.1. The Morgan fingerprint density at radius 1 is 1.06 bits per heavy atom. The van der Waals surface area contributed by atoms with Gasteiger partial charge < -0.3 is 5.32 Å². The number of carbonyl (C=O) groups excluding carboxylic acids is 2. The summed E-state index contributed by atoms with van der Waals surface area (Å²) in [5.74, 6) is -2.41. The second-order valence-electron chi connectivity index (χ2n) is 7.67. The van der Waals surface area contributed by atoms with Crippen molar-refractivity contribution in [3.63, 3.8) is 0 Å². The van der Waals surface area contributed by atoms with Crippen molar-refractivity contribution in [1.29, 1.82) is 0 Å². The summed E-state index contributed by atoms with van der Waals surface area (Å²) in [7, 11) is 0. The van der Waals surface area contributed by atoms with Crippen LogP contribution in [0.25, 0.3) is 0 Å². The summed E-state index contributed by atoms with van der Waals surface area (Å²) in [6.45, 7) is 0. The minimum absolute atomic E-state index is 0.0682. The number of carbonyl (C=O) groups is 2. The zero-order chi connectivity index (χ0) is 22.1. The lowest BCUT2D eigenvalue weighted by Crippen LogP contribution is -2.64. The van der Waals surface area contributed by atoms with Crippen LogP contribution in [-0.4, -0.2) is 45.4 Å². The van der Waals surface area contributed by atoms with Crippen LogP contribution in [0.1, 0.15) is 48.0 Å². The van der Waals surface area contributed by atoms with Crippen molar-refractivity contribution >= 4 is 17.6 Å². The van der Waals surface area contributed by atoms with Gasteiger partial charge in [0, 0.05) is 24.0 Å². The van der Waals surface area contributed by atoms with Crippen LogP contribution in [0, 0.1) is 0 Å². The molecule has 2 aromatic rings. The van der Waals surface area contributed by atoms with Crippen LogP contribution < -0.4 is 5.32 Å². The van der Waals surface area contributed by atoms with Crippen LogP contribution in [0.2, 0.25) is 0 Å². The van der Waals surface area contributed by atoms with Gasteiger partial charge in [-0.15, -0.1) is 0 Å². The van der Waals surface area contributed by atoms with E-state index in [1.54, 1.807) is 30.3 Å². The second kappa shape index (κ2) is 8.13. The molecule has 4 rings (SSSR count). The maximum atomic E-state index is 14.4. The molecular weight excluding hydrogens is 409 g/mol. The third-order valence-electron chi connectivity index (χ3n) is 5.63. The molecule has 1 aromatic carbocycles. The monoisotopic (exact) mass is 430 g/mol. The van der Waals surface area contributed by atoms with E-state index in [1.165, 1.54) is 18.3 Å². The van der Waals surface area contributed by atoms with Crippen molar-refractivity contribution in [2.24, 2.45) is 4.99 Å². The Morgan fingerprint density at radius 2 is 1.77 bits per heavy atom. The number of aromatic nitrogens is 1. The minimum atomic E-state index is -5.13. The first-order chi connectivity index (χ1) is 14.8. The summed E-state index contributed by atoms with van der Waals surface area (Å²) in [5.41, 5.74) is -3.09. The number of alkyl halides is 3. The Bertz CT molecular complexity index is 989. The van der Waals surface area contributed by atoms with Crippen LogP contribution in [0.15, 0.2) is 59.9 Å². The molecular formula is C22H21F3N4O2. The fourth-order valence-electron chi connectivity index (χ4n) is 4.07. The molecule has 2 heterocycles. The van der Waals surface area contributed by atoms with Crippen molar-refractivity contribution in [2.45, 2.75) is 50.0 Å². The average molecular weight is 430 g/mol. The zero-order valence-corrected chi connectivity index (χ0v) is 16.6. The number of nitrogens with zero attached hydrogens (tertiary/aromatic N) is 3. The second-order valence-corrected chi connectivity index (χ2v) is 7.67. The lowest BCUT2D eigenvalue weighted by Gasteiger charge is -2.34. The summed E-state index contributed by atoms with van der Waals surface area (Å²) in [6, 6.07) is 10.6. The fraction of sp³-hybridized carbons (Fsp3) is 0.364. The number of hydrogen-bond donors (Lipinski definition) is 1. The molecule has 162 valence electrons. The van der Waals surface area contributed by atoms with Gasteiger partial charge in [-0.3, -0.25) is 19.5 Å². The molecule has 0 spiro atoms. The van der Waals surface area contributed by atoms with E-state index in [2.05, 4.69) is 9.98 Å². The van der Waals surface area contributed by atoms with E-state index < -0.39 is 29.7 Å². The summed E-state index contributed by atoms with van der Waals surface area (Å²) in [4.78, 5) is 34.8. The summed E-state index contributed by atoms with van der Waals surface area (Å²) in [5, 5.41) is 1.88. The molecule has 0 unspecified atom stereocenters. The minimum Gasteiger partial charge on any atom is -0.312 e. The van der Waals surface area contributed by atoms with Crippen molar-refractivity contribution in [3.05, 3.63) is 66.0 Å². The van der Waals surface area contributed by atoms with E-state index in [0.29, 0.717) is 18.4 Å². The van der Waals surface area contributed by atoms with E-state index >= 15 is 0 Å². The van der Waals surface area contributed by atoms with Gasteiger partial charge in [-0.2, -0.15) is 13.2 Å². The standard InChI is InChI=1S/C22H21F3N4O2/c23-22(24,25)21(28-19(30)16-10-7-13-26-14-16)20(31)29(17-11-5-2-6-12-17)18(27-21)15-8-3-1-4-9-15/h1,3-4,7-10,13-14,17H,2,5-6,11-12H2,(H,28,30)/t21-/m0/s1. The van der Waals surface area contributed by atoms with Gasteiger partial charge in [0.15, 0.2) is 0 Å². The molecule has 0 radical (unpaired) electrons. The number of nitrogens with one attached hydrogen (secondary N) is 1. The van der Waals surface area contributed by atoms with Crippen LogP contribution in [0.3, 0.4) is 0 Å². The molecule has 1 aromatic heterocycles. The third kappa shape index (κ3) is 3.80. The molecule has 1 aliphatic heterocycles. The molecule has 0 saturated heterocycles. The van der Waals surface area contributed by atoms with Gasteiger partial charge in [0.2, 0.25) is 0 Å². The molecule has 1 N–H and O–H groups in total. The Morgan fingerprint density at radius 3 is 2.39 bits per heavy atom. The highest BCUT2D eigenvalue weighted by molar-refractivity contribution is 6.17. The predicted octanol–water partition coefficient (Wildman–Crippen LogP) is 3.69. The summed E-state index contributed by atoms with van der Waals surface area (Å²) in [6.07, 6.45) is 1.18. The Hall–Kier alpha value is -3.23. The number of amides is 2. The normalized spacial score (nSPS) is 22.4. The SMILES string of the molecule is O=C(N[C@@]1(C(F)(F)F)N=C(c2ccccc2)N(C2CCCCC2)C1=O)c1cccnc1. The van der Waals surface area contributed by atoms with Crippen molar-refractivity contribution in [1.82, 2.24) is 15.2 Å². The highest BCUT2D eigenvalue weighted by Crippen LogP contribution is 2.41. The van der Waals surface area contributed by atoms with E-state index in [1.807, 2.05) is 5.32 Å². The maximum Gasteiger partial charge on any atom is 0.442 e. The van der Waals surface area contributed by atoms with Gasteiger partial charge in [-0.1, -0.05) is 49.6 Å². The number of pyridine rings is 1. The Labute approximate surface area is 177 Å². The van der Waals surface area contributed by atoms with Crippen LogP contribution >= 0.6 is 0 Å². The van der Waals surface area contributed by atoms with Crippen LogP contribution in [-0.2, 0) is 4.79 Å². The highest BCUT2D eigenvalue weighted by atomic mass is 19.4. The quantitative estimate of drug-likeness (QED) is 0.804. The summed E-state index contributed by atoms with van der Waals surface area (Å²) >= 11 is 0. The van der Waals surface area contributed by atoms with Gasteiger partial charge in [0.25, 0.3) is 11.8 Å². The number of aliphatic imine (C=N–C) groups is 1. The van der Waals surface area contributed by atoms with Crippen molar-refractivity contribution in [2.75, 3.05) is 0 Å². The lowest BCUT2D eigenvalue weighted by molar-refractivity contribution is -0.197. The average Bonchev–Trinajstić information content (AvgIpc) is 3.09. The summed E-state index contributed by atoms with van der Waals surface area (Å²) < 4.78 is 43.2. The topological polar surface area (TPSA) is 74.7 Å². The molecule has 6 nitrogen and oxygen atoms in total. The molecule has 1 saturated carbocycles. The smallest absolute Gasteiger partial charge is 0.312 e. The largest absolute Gasteiger partial charge is 0.442 e. The number of rotatable bonds is 4. The van der Waals surface area contributed by atoms with Crippen LogP contribution in [0.4, 0.5) is 13.2 Å². The fourth-order valence-corrected chi connectivity index (χ4v) is 4.07. The zero-order valence-electron chi connectivity index (χ0n) is 16.6. The maximum absolute atomic E-state index is 14.4. The third-order valence-corrected chi connectivity index (χ3v) is 5.63. The van der Waals surface area contributed by atoms with Crippen molar-refractivity contribution < 1.29 is 22.8 Å². The first-order valence-electron chi connectivity index (χ1n) is 10.1. The number of halogens is 3. The number of hydrogen-bond acceptors (Lipinski definition) is 4.